The molecule has 2 heterocycles. The molecular weight excluding hydrogens is 661 g/mol. The van der Waals surface area contributed by atoms with Gasteiger partial charge in [0.15, 0.2) is 17.5 Å². The molecule has 0 amide bonds. The number of hydrogen-bond donors (Lipinski definition) is 0. The van der Waals surface area contributed by atoms with Crippen LogP contribution in [-0.4, -0.2) is 15.0 Å². The Hall–Kier alpha value is -7.37. The molecule has 0 saturated heterocycles. The Morgan fingerprint density at radius 2 is 0.926 bits per heavy atom. The van der Waals surface area contributed by atoms with Gasteiger partial charge in [-0.15, -0.1) is 0 Å². The molecule has 5 nitrogen and oxygen atoms in total. The van der Waals surface area contributed by atoms with Crippen molar-refractivity contribution in [2.24, 2.45) is 0 Å². The van der Waals surface area contributed by atoms with E-state index in [9.17, 15) is 0 Å². The minimum atomic E-state index is 0.591. The number of fused-ring (bicyclic) bond motifs is 4. The number of rotatable bonds is 7. The van der Waals surface area contributed by atoms with E-state index in [1.54, 1.807) is 0 Å². The van der Waals surface area contributed by atoms with E-state index in [1.807, 2.05) is 54.6 Å². The zero-order valence-electron chi connectivity index (χ0n) is 29.2. The summed E-state index contributed by atoms with van der Waals surface area (Å²) < 4.78 is 6.63. The highest BCUT2D eigenvalue weighted by Gasteiger charge is 2.20. The quantitative estimate of drug-likeness (QED) is 0.166. The molecule has 10 rings (SSSR count). The second kappa shape index (κ2) is 13.3. The largest absolute Gasteiger partial charge is 0.456 e. The zero-order chi connectivity index (χ0) is 35.8. The predicted octanol–water partition coefficient (Wildman–Crippen LogP) is 13.1. The number of nitrogens with zero attached hydrogens (tertiary/aromatic N) is 4. The number of para-hydroxylation sites is 1. The number of furan rings is 1. The lowest BCUT2D eigenvalue weighted by atomic mass is 10.0. The summed E-state index contributed by atoms with van der Waals surface area (Å²) in [7, 11) is 0. The second-order valence-electron chi connectivity index (χ2n) is 13.3. The van der Waals surface area contributed by atoms with Crippen molar-refractivity contribution < 1.29 is 4.42 Å². The highest BCUT2D eigenvalue weighted by Crippen LogP contribution is 2.41. The molecule has 5 heteroatoms. The standard InChI is InChI=1S/C49H32N4O/c1-4-13-33(14-5-1)35-25-27-40(28-26-35)53(39-19-8-3-9-20-39)41-29-30-42-45(32-41)54-44-22-12-21-43(46(42)44)49-51-47(36-16-6-2-7-17-36)50-48(52-49)38-24-23-34-15-10-11-18-37(34)31-38/h1-32H. The second-order valence-corrected chi connectivity index (χ2v) is 13.3. The lowest BCUT2D eigenvalue weighted by Crippen LogP contribution is -2.09. The highest BCUT2D eigenvalue weighted by atomic mass is 16.3. The summed E-state index contributed by atoms with van der Waals surface area (Å²) >= 11 is 0. The monoisotopic (exact) mass is 692 g/mol. The SMILES string of the molecule is c1ccc(-c2ccc(N(c3ccccc3)c3ccc4c(c3)oc3cccc(-c5nc(-c6ccccc6)nc(-c6ccc7ccccc7c6)n5)c34)cc2)cc1. The van der Waals surface area contributed by atoms with Crippen molar-refractivity contribution in [1.29, 1.82) is 0 Å². The fraction of sp³-hybridized carbons (Fsp3) is 0. The van der Waals surface area contributed by atoms with Gasteiger partial charge in [0.05, 0.1) is 0 Å². The molecule has 54 heavy (non-hydrogen) atoms. The summed E-state index contributed by atoms with van der Waals surface area (Å²) in [6, 6.07) is 66.9. The minimum absolute atomic E-state index is 0.591. The van der Waals surface area contributed by atoms with Crippen molar-refractivity contribution in [3.05, 3.63) is 194 Å². The number of anilines is 3. The normalized spacial score (nSPS) is 11.3. The van der Waals surface area contributed by atoms with E-state index in [4.69, 9.17) is 19.4 Å². The molecule has 0 fully saturated rings. The van der Waals surface area contributed by atoms with Gasteiger partial charge in [0.25, 0.3) is 0 Å². The molecule has 2 aromatic heterocycles. The van der Waals surface area contributed by atoms with Gasteiger partial charge in [-0.2, -0.15) is 0 Å². The molecule has 0 saturated carbocycles. The number of aromatic nitrogens is 3. The molecule has 0 N–H and O–H groups in total. The molecule has 0 unspecified atom stereocenters. The molecule has 0 atom stereocenters. The lowest BCUT2D eigenvalue weighted by Gasteiger charge is -2.25. The van der Waals surface area contributed by atoms with Crippen molar-refractivity contribution in [1.82, 2.24) is 15.0 Å². The van der Waals surface area contributed by atoms with Crippen LogP contribution < -0.4 is 4.90 Å². The first-order chi connectivity index (χ1) is 26.7. The van der Waals surface area contributed by atoms with Crippen molar-refractivity contribution in [2.75, 3.05) is 4.90 Å². The van der Waals surface area contributed by atoms with Gasteiger partial charge in [-0.1, -0.05) is 140 Å². The molecule has 0 spiro atoms. The van der Waals surface area contributed by atoms with Crippen molar-refractivity contribution >= 4 is 49.8 Å². The van der Waals surface area contributed by atoms with Crippen LogP contribution in [0.25, 0.3) is 78.0 Å². The zero-order valence-corrected chi connectivity index (χ0v) is 29.2. The van der Waals surface area contributed by atoms with Gasteiger partial charge in [-0.25, -0.2) is 15.0 Å². The van der Waals surface area contributed by atoms with Crippen LogP contribution in [0.2, 0.25) is 0 Å². The Kier molecular flexibility index (Phi) is 7.73. The third kappa shape index (κ3) is 5.74. The van der Waals surface area contributed by atoms with Crippen molar-refractivity contribution in [2.45, 2.75) is 0 Å². The summed E-state index contributed by atoms with van der Waals surface area (Å²) in [6.45, 7) is 0. The van der Waals surface area contributed by atoms with E-state index in [0.29, 0.717) is 17.5 Å². The molecule has 8 aromatic carbocycles. The van der Waals surface area contributed by atoms with Crippen molar-refractivity contribution in [3.63, 3.8) is 0 Å². The maximum atomic E-state index is 6.63. The topological polar surface area (TPSA) is 55.1 Å². The van der Waals surface area contributed by atoms with Gasteiger partial charge >= 0.3 is 0 Å². The molecule has 0 bridgehead atoms. The summed E-state index contributed by atoms with van der Waals surface area (Å²) in [5.74, 6) is 1.83. The van der Waals surface area contributed by atoms with Crippen LogP contribution in [0.1, 0.15) is 0 Å². The van der Waals surface area contributed by atoms with E-state index in [2.05, 4.69) is 144 Å². The Morgan fingerprint density at radius 1 is 0.352 bits per heavy atom. The number of benzene rings is 8. The molecular formula is C49H32N4O. The van der Waals surface area contributed by atoms with E-state index in [0.717, 1.165) is 61.1 Å². The molecule has 0 aliphatic heterocycles. The van der Waals surface area contributed by atoms with Gasteiger partial charge in [0, 0.05) is 50.6 Å². The van der Waals surface area contributed by atoms with Crippen LogP contribution in [-0.2, 0) is 0 Å². The third-order valence-corrected chi connectivity index (χ3v) is 9.90. The molecule has 0 aliphatic carbocycles. The highest BCUT2D eigenvalue weighted by molar-refractivity contribution is 6.12. The Balaban J connectivity index is 1.11. The fourth-order valence-electron chi connectivity index (χ4n) is 7.27. The number of hydrogen-bond acceptors (Lipinski definition) is 5. The van der Waals surface area contributed by atoms with Gasteiger partial charge in [-0.3, -0.25) is 0 Å². The predicted molar refractivity (Wildman–Crippen MR) is 221 cm³/mol. The molecule has 0 radical (unpaired) electrons. The Bertz CT molecular complexity index is 2920. The van der Waals surface area contributed by atoms with Crippen LogP contribution in [0.15, 0.2) is 199 Å². The van der Waals surface area contributed by atoms with Crippen LogP contribution in [0, 0.1) is 0 Å². The average molecular weight is 693 g/mol. The van der Waals surface area contributed by atoms with E-state index >= 15 is 0 Å². The maximum Gasteiger partial charge on any atom is 0.164 e. The molecule has 0 aliphatic rings. The van der Waals surface area contributed by atoms with Gasteiger partial charge in [-0.05, 0) is 70.4 Å². The smallest absolute Gasteiger partial charge is 0.164 e. The fourth-order valence-corrected chi connectivity index (χ4v) is 7.27. The lowest BCUT2D eigenvalue weighted by molar-refractivity contribution is 0.669. The first-order valence-electron chi connectivity index (χ1n) is 18.0. The van der Waals surface area contributed by atoms with Crippen LogP contribution in [0.5, 0.6) is 0 Å². The molecule has 254 valence electrons. The third-order valence-electron chi connectivity index (χ3n) is 9.90. The Labute approximate surface area is 312 Å². The minimum Gasteiger partial charge on any atom is -0.456 e. The Morgan fingerprint density at radius 3 is 1.69 bits per heavy atom. The maximum absolute atomic E-state index is 6.63. The van der Waals surface area contributed by atoms with Crippen LogP contribution in [0.3, 0.4) is 0 Å². The first kappa shape index (κ1) is 31.4. The van der Waals surface area contributed by atoms with Crippen LogP contribution in [0.4, 0.5) is 17.1 Å². The summed E-state index contributed by atoms with van der Waals surface area (Å²) in [5, 5.41) is 4.26. The van der Waals surface area contributed by atoms with Gasteiger partial charge in [0.2, 0.25) is 0 Å². The van der Waals surface area contributed by atoms with E-state index < -0.39 is 0 Å². The first-order valence-corrected chi connectivity index (χ1v) is 18.0. The summed E-state index contributed by atoms with van der Waals surface area (Å²) in [5.41, 5.74) is 9.76. The summed E-state index contributed by atoms with van der Waals surface area (Å²) in [6.07, 6.45) is 0. The van der Waals surface area contributed by atoms with Gasteiger partial charge < -0.3 is 9.32 Å². The van der Waals surface area contributed by atoms with E-state index in [-0.39, 0.29) is 0 Å². The molecule has 10 aromatic rings. The van der Waals surface area contributed by atoms with Crippen LogP contribution >= 0.6 is 0 Å². The average Bonchev–Trinajstić information content (AvgIpc) is 3.63. The van der Waals surface area contributed by atoms with E-state index in [1.165, 1.54) is 16.5 Å². The van der Waals surface area contributed by atoms with Gasteiger partial charge in [0.1, 0.15) is 11.2 Å². The van der Waals surface area contributed by atoms with Crippen molar-refractivity contribution in [3.8, 4) is 45.3 Å². The summed E-state index contributed by atoms with van der Waals surface area (Å²) in [4.78, 5) is 17.5.